The summed E-state index contributed by atoms with van der Waals surface area (Å²) in [6.07, 6.45) is 6.95. The first-order valence-electron chi connectivity index (χ1n) is 10.3. The maximum atomic E-state index is 12.6. The highest BCUT2D eigenvalue weighted by atomic mass is 16.5. The second kappa shape index (κ2) is 12.6. The van der Waals surface area contributed by atoms with E-state index in [1.54, 1.807) is 7.11 Å². The van der Waals surface area contributed by atoms with Gasteiger partial charge in [0.25, 0.3) is 0 Å². The molecule has 0 unspecified atom stereocenters. The van der Waals surface area contributed by atoms with Gasteiger partial charge in [-0.2, -0.15) is 0 Å². The summed E-state index contributed by atoms with van der Waals surface area (Å²) in [5, 5.41) is 2.98. The molecule has 5 nitrogen and oxygen atoms in total. The number of nitrogens with one attached hydrogen (secondary N) is 1. The van der Waals surface area contributed by atoms with Crippen LogP contribution in [0, 0.1) is 12.3 Å². The van der Waals surface area contributed by atoms with Crippen molar-refractivity contribution in [3.05, 3.63) is 59.2 Å². The molecule has 0 fully saturated rings. The van der Waals surface area contributed by atoms with Crippen molar-refractivity contribution in [1.29, 1.82) is 0 Å². The smallest absolute Gasteiger partial charge is 0.249 e. The molecule has 1 amide bonds. The van der Waals surface area contributed by atoms with Crippen LogP contribution in [0.4, 0.5) is 0 Å². The minimum absolute atomic E-state index is 0.0997. The number of methoxy groups -OCH3 is 1. The molecule has 2 aromatic carbocycles. The van der Waals surface area contributed by atoms with Gasteiger partial charge in [-0.25, -0.2) is 0 Å². The number of rotatable bonds is 12. The quantitative estimate of drug-likeness (QED) is 0.545. The Kier molecular flexibility index (Phi) is 9.76. The highest BCUT2D eigenvalue weighted by molar-refractivity contribution is 5.81. The number of benzene rings is 2. The monoisotopic (exact) mass is 409 g/mol. The molecule has 0 aliphatic carbocycles. The maximum Gasteiger partial charge on any atom is 0.249 e. The number of carbonyl (C=O) groups excluding carboxylic acids is 1. The van der Waals surface area contributed by atoms with Gasteiger partial charge in [-0.05, 0) is 48.6 Å². The third-order valence-corrected chi connectivity index (χ3v) is 4.76. The summed E-state index contributed by atoms with van der Waals surface area (Å²) in [6.45, 7) is 5.20. The fourth-order valence-corrected chi connectivity index (χ4v) is 3.10. The molecule has 0 spiro atoms. The van der Waals surface area contributed by atoms with Crippen LogP contribution in [-0.2, 0) is 28.8 Å². The van der Waals surface area contributed by atoms with E-state index < -0.39 is 6.10 Å². The predicted molar refractivity (Wildman–Crippen MR) is 119 cm³/mol. The summed E-state index contributed by atoms with van der Waals surface area (Å²) in [5.74, 6) is 3.56. The molecule has 0 saturated heterocycles. The van der Waals surface area contributed by atoms with E-state index in [4.69, 9.17) is 20.6 Å². The lowest BCUT2D eigenvalue weighted by molar-refractivity contribution is -0.132. The van der Waals surface area contributed by atoms with Gasteiger partial charge in [-0.3, -0.25) is 4.79 Å². The van der Waals surface area contributed by atoms with Crippen LogP contribution in [0.15, 0.2) is 42.5 Å². The highest BCUT2D eigenvalue weighted by Crippen LogP contribution is 2.28. The summed E-state index contributed by atoms with van der Waals surface area (Å²) in [5.41, 5.74) is 3.40. The summed E-state index contributed by atoms with van der Waals surface area (Å²) in [6, 6.07) is 14.0. The van der Waals surface area contributed by atoms with Crippen LogP contribution in [0.1, 0.15) is 30.5 Å². The minimum Gasteiger partial charge on any atom is -0.493 e. The number of aryl methyl sites for hydroxylation is 1. The molecule has 1 N–H and O–H groups in total. The molecule has 0 aliphatic rings. The first kappa shape index (κ1) is 23.3. The van der Waals surface area contributed by atoms with Crippen LogP contribution in [0.25, 0.3) is 0 Å². The van der Waals surface area contributed by atoms with Crippen LogP contribution in [0.2, 0.25) is 0 Å². The van der Waals surface area contributed by atoms with Gasteiger partial charge in [0, 0.05) is 19.6 Å². The Labute approximate surface area is 179 Å². The van der Waals surface area contributed by atoms with Crippen LogP contribution in [0.3, 0.4) is 0 Å². The molecule has 0 bridgehead atoms. The molecule has 5 heteroatoms. The van der Waals surface area contributed by atoms with E-state index in [2.05, 4.69) is 42.4 Å². The SMILES string of the molecule is C#CCOc1ccc(CCNC(=O)[C@@H](Cc2ccc(CC)cc2)OCC)cc1OC. The van der Waals surface area contributed by atoms with Crippen LogP contribution < -0.4 is 14.8 Å². The van der Waals surface area contributed by atoms with Gasteiger partial charge >= 0.3 is 0 Å². The average molecular weight is 410 g/mol. The van der Waals surface area contributed by atoms with Gasteiger partial charge < -0.3 is 19.5 Å². The minimum atomic E-state index is -0.503. The fraction of sp³-hybridized carbons (Fsp3) is 0.400. The van der Waals surface area contributed by atoms with E-state index in [0.717, 1.165) is 17.5 Å². The molecule has 1 atom stereocenters. The molecule has 160 valence electrons. The molecule has 0 aliphatic heterocycles. The standard InChI is InChI=1S/C25H31NO4/c1-5-16-30-22-13-12-21(17-23(22)28-4)14-15-26-25(27)24(29-7-3)18-20-10-8-19(6-2)9-11-20/h1,8-13,17,24H,6-7,14-16,18H2,2-4H3,(H,26,27)/t24-/m1/s1. The number of carbonyl (C=O) groups is 1. The number of hydrogen-bond donors (Lipinski definition) is 1. The van der Waals surface area contributed by atoms with E-state index in [1.807, 2.05) is 25.1 Å². The Hall–Kier alpha value is -2.97. The zero-order chi connectivity index (χ0) is 21.8. The molecule has 2 aromatic rings. The summed E-state index contributed by atoms with van der Waals surface area (Å²) >= 11 is 0. The third-order valence-electron chi connectivity index (χ3n) is 4.76. The number of amides is 1. The normalized spacial score (nSPS) is 11.4. The molecule has 0 saturated carbocycles. The van der Waals surface area contributed by atoms with E-state index in [-0.39, 0.29) is 12.5 Å². The van der Waals surface area contributed by atoms with Gasteiger partial charge in [0.05, 0.1) is 7.11 Å². The Balaban J connectivity index is 1.91. The van der Waals surface area contributed by atoms with Crippen molar-refractivity contribution in [1.82, 2.24) is 5.32 Å². The Morgan fingerprint density at radius 3 is 2.40 bits per heavy atom. The number of ether oxygens (including phenoxy) is 3. The second-order valence-corrected chi connectivity index (χ2v) is 6.84. The van der Waals surface area contributed by atoms with Crippen molar-refractivity contribution in [3.63, 3.8) is 0 Å². The molecule has 0 heterocycles. The number of hydrogen-bond acceptors (Lipinski definition) is 4. The summed E-state index contributed by atoms with van der Waals surface area (Å²) in [4.78, 5) is 12.6. The summed E-state index contributed by atoms with van der Waals surface area (Å²) < 4.78 is 16.5. The molecular weight excluding hydrogens is 378 g/mol. The topological polar surface area (TPSA) is 56.8 Å². The zero-order valence-corrected chi connectivity index (χ0v) is 18.1. The number of terminal acetylenes is 1. The van der Waals surface area contributed by atoms with Crippen molar-refractivity contribution >= 4 is 5.91 Å². The first-order chi connectivity index (χ1) is 14.6. The zero-order valence-electron chi connectivity index (χ0n) is 18.1. The lowest BCUT2D eigenvalue weighted by Crippen LogP contribution is -2.38. The van der Waals surface area contributed by atoms with Crippen molar-refractivity contribution in [3.8, 4) is 23.8 Å². The maximum absolute atomic E-state index is 12.6. The summed E-state index contributed by atoms with van der Waals surface area (Å²) in [7, 11) is 1.59. The average Bonchev–Trinajstić information content (AvgIpc) is 2.78. The largest absolute Gasteiger partial charge is 0.493 e. The second-order valence-electron chi connectivity index (χ2n) is 6.84. The van der Waals surface area contributed by atoms with Crippen molar-refractivity contribution in [2.45, 2.75) is 39.2 Å². The van der Waals surface area contributed by atoms with Gasteiger partial charge in [-0.1, -0.05) is 43.2 Å². The predicted octanol–water partition coefficient (Wildman–Crippen LogP) is 3.58. The lowest BCUT2D eigenvalue weighted by atomic mass is 10.0. The van der Waals surface area contributed by atoms with Crippen molar-refractivity contribution < 1.29 is 19.0 Å². The van der Waals surface area contributed by atoms with E-state index in [9.17, 15) is 4.79 Å². The van der Waals surface area contributed by atoms with Crippen LogP contribution in [0.5, 0.6) is 11.5 Å². The van der Waals surface area contributed by atoms with E-state index in [0.29, 0.717) is 37.5 Å². The Morgan fingerprint density at radius 1 is 1.07 bits per heavy atom. The lowest BCUT2D eigenvalue weighted by Gasteiger charge is -2.17. The van der Waals surface area contributed by atoms with Gasteiger partial charge in [0.2, 0.25) is 5.91 Å². The van der Waals surface area contributed by atoms with E-state index in [1.165, 1.54) is 5.56 Å². The molecule has 30 heavy (non-hydrogen) atoms. The third kappa shape index (κ3) is 7.13. The molecule has 0 aromatic heterocycles. The van der Waals surface area contributed by atoms with Crippen molar-refractivity contribution in [2.75, 3.05) is 26.9 Å². The Bertz CT molecular complexity index is 839. The Morgan fingerprint density at radius 2 is 1.77 bits per heavy atom. The van der Waals surface area contributed by atoms with Crippen LogP contribution in [-0.4, -0.2) is 38.9 Å². The van der Waals surface area contributed by atoms with Gasteiger partial charge in [0.15, 0.2) is 11.5 Å². The molecule has 0 radical (unpaired) electrons. The highest BCUT2D eigenvalue weighted by Gasteiger charge is 2.19. The molecular formula is C25H31NO4. The van der Waals surface area contributed by atoms with E-state index >= 15 is 0 Å². The van der Waals surface area contributed by atoms with Crippen LogP contribution >= 0.6 is 0 Å². The van der Waals surface area contributed by atoms with Gasteiger partial charge in [-0.15, -0.1) is 6.42 Å². The van der Waals surface area contributed by atoms with Gasteiger partial charge in [0.1, 0.15) is 12.7 Å². The fourth-order valence-electron chi connectivity index (χ4n) is 3.10. The first-order valence-corrected chi connectivity index (χ1v) is 10.3. The van der Waals surface area contributed by atoms with Crippen molar-refractivity contribution in [2.24, 2.45) is 0 Å². The molecule has 2 rings (SSSR count).